The minimum Gasteiger partial charge on any atom is -0.352 e. The zero-order valence-corrected chi connectivity index (χ0v) is 17.7. The maximum Gasteiger partial charge on any atom is 0.220 e. The van der Waals surface area contributed by atoms with Crippen LogP contribution in [0.15, 0.2) is 24.3 Å². The standard InChI is InChI=1S/C21H29N5O.ClH/c1-4-5-8-16(13-22)24-20(27)12-11-17-14(2)23-21-18-9-6-7-10-19(18)25-26(21)15(17)3;/h6-7,9-10,16H,4-5,8,11-13,22H2,1-3H3,(H,24,27);1H. The van der Waals surface area contributed by atoms with E-state index in [1.165, 1.54) is 0 Å². The van der Waals surface area contributed by atoms with Gasteiger partial charge in [0.05, 0.1) is 5.52 Å². The zero-order valence-electron chi connectivity index (χ0n) is 16.9. The summed E-state index contributed by atoms with van der Waals surface area (Å²) in [5.74, 6) is 0.0473. The van der Waals surface area contributed by atoms with Crippen LogP contribution < -0.4 is 11.1 Å². The molecule has 2 aromatic heterocycles. The fourth-order valence-electron chi connectivity index (χ4n) is 3.58. The number of hydrogen-bond donors (Lipinski definition) is 2. The van der Waals surface area contributed by atoms with Gasteiger partial charge in [-0.3, -0.25) is 4.79 Å². The van der Waals surface area contributed by atoms with Gasteiger partial charge in [0.1, 0.15) is 0 Å². The first kappa shape index (κ1) is 22.1. The highest BCUT2D eigenvalue weighted by Crippen LogP contribution is 2.22. The highest BCUT2D eigenvalue weighted by molar-refractivity contribution is 5.92. The molecule has 0 radical (unpaired) electrons. The molecule has 0 saturated heterocycles. The lowest BCUT2D eigenvalue weighted by Crippen LogP contribution is -2.40. The number of unbranched alkanes of at least 4 members (excludes halogenated alkanes) is 1. The third-order valence-corrected chi connectivity index (χ3v) is 5.18. The molecule has 0 aliphatic rings. The normalized spacial score (nSPS) is 12.1. The zero-order chi connectivity index (χ0) is 19.4. The maximum absolute atomic E-state index is 12.4. The Kier molecular flexibility index (Phi) is 7.78. The molecular formula is C21H30ClN5O. The fraction of sp³-hybridized carbons (Fsp3) is 0.476. The van der Waals surface area contributed by atoms with Gasteiger partial charge in [-0.05, 0) is 44.4 Å². The Morgan fingerprint density at radius 2 is 2.04 bits per heavy atom. The number of nitrogens with one attached hydrogen (secondary N) is 1. The number of aryl methyl sites for hydroxylation is 2. The Morgan fingerprint density at radius 1 is 1.29 bits per heavy atom. The Hall–Kier alpha value is -2.18. The van der Waals surface area contributed by atoms with E-state index < -0.39 is 0 Å². The molecule has 1 amide bonds. The van der Waals surface area contributed by atoms with Gasteiger partial charge in [0.2, 0.25) is 5.91 Å². The second-order valence-electron chi connectivity index (χ2n) is 7.16. The predicted octanol–water partition coefficient (Wildman–Crippen LogP) is 3.49. The number of nitrogens with zero attached hydrogens (tertiary/aromatic N) is 3. The first-order chi connectivity index (χ1) is 13.0. The topological polar surface area (TPSA) is 85.3 Å². The van der Waals surface area contributed by atoms with Crippen LogP contribution in [0.2, 0.25) is 0 Å². The van der Waals surface area contributed by atoms with Gasteiger partial charge in [-0.25, -0.2) is 9.50 Å². The molecule has 0 bridgehead atoms. The second-order valence-corrected chi connectivity index (χ2v) is 7.16. The minimum atomic E-state index is 0. The number of fused-ring (bicyclic) bond motifs is 3. The number of nitrogens with two attached hydrogens (primary N) is 1. The predicted molar refractivity (Wildman–Crippen MR) is 116 cm³/mol. The highest BCUT2D eigenvalue weighted by Gasteiger charge is 2.16. The third-order valence-electron chi connectivity index (χ3n) is 5.18. The van der Waals surface area contributed by atoms with Crippen LogP contribution in [0.3, 0.4) is 0 Å². The summed E-state index contributed by atoms with van der Waals surface area (Å²) in [4.78, 5) is 17.1. The summed E-state index contributed by atoms with van der Waals surface area (Å²) in [5.41, 5.74) is 10.7. The molecule has 1 aromatic carbocycles. The summed E-state index contributed by atoms with van der Waals surface area (Å²) in [7, 11) is 0. The summed E-state index contributed by atoms with van der Waals surface area (Å²) in [6.45, 7) is 6.68. The average Bonchev–Trinajstić information content (AvgIpc) is 3.03. The summed E-state index contributed by atoms with van der Waals surface area (Å²) < 4.78 is 1.90. The number of aromatic nitrogens is 3. The molecule has 1 unspecified atom stereocenters. The van der Waals surface area contributed by atoms with E-state index in [-0.39, 0.29) is 24.4 Å². The van der Waals surface area contributed by atoms with Crippen molar-refractivity contribution < 1.29 is 4.79 Å². The smallest absolute Gasteiger partial charge is 0.220 e. The maximum atomic E-state index is 12.4. The Labute approximate surface area is 172 Å². The monoisotopic (exact) mass is 403 g/mol. The molecule has 0 fully saturated rings. The lowest BCUT2D eigenvalue weighted by atomic mass is 10.1. The number of rotatable bonds is 8. The van der Waals surface area contributed by atoms with Crippen LogP contribution in [0.5, 0.6) is 0 Å². The first-order valence-electron chi connectivity index (χ1n) is 9.78. The lowest BCUT2D eigenvalue weighted by molar-refractivity contribution is -0.121. The molecule has 152 valence electrons. The van der Waals surface area contributed by atoms with Gasteiger partial charge in [0, 0.05) is 35.8 Å². The van der Waals surface area contributed by atoms with E-state index >= 15 is 0 Å². The minimum absolute atomic E-state index is 0. The number of halogens is 1. The van der Waals surface area contributed by atoms with Gasteiger partial charge >= 0.3 is 0 Å². The van der Waals surface area contributed by atoms with E-state index in [9.17, 15) is 4.79 Å². The highest BCUT2D eigenvalue weighted by atomic mass is 35.5. The molecule has 0 aliphatic heterocycles. The lowest BCUT2D eigenvalue weighted by Gasteiger charge is -2.17. The average molecular weight is 404 g/mol. The molecule has 3 rings (SSSR count). The van der Waals surface area contributed by atoms with Crippen LogP contribution in [0, 0.1) is 13.8 Å². The molecule has 1 atom stereocenters. The van der Waals surface area contributed by atoms with Crippen molar-refractivity contribution in [1.29, 1.82) is 0 Å². The van der Waals surface area contributed by atoms with Crippen LogP contribution in [0.1, 0.15) is 49.6 Å². The number of hydrogen-bond acceptors (Lipinski definition) is 4. The summed E-state index contributed by atoms with van der Waals surface area (Å²) in [6.07, 6.45) is 4.19. The van der Waals surface area contributed by atoms with Crippen molar-refractivity contribution in [2.75, 3.05) is 6.54 Å². The van der Waals surface area contributed by atoms with Gasteiger partial charge in [-0.2, -0.15) is 5.10 Å². The van der Waals surface area contributed by atoms with Gasteiger partial charge < -0.3 is 11.1 Å². The summed E-state index contributed by atoms with van der Waals surface area (Å²) >= 11 is 0. The molecule has 28 heavy (non-hydrogen) atoms. The van der Waals surface area contributed by atoms with E-state index in [0.717, 1.165) is 52.8 Å². The molecule has 3 aromatic rings. The Morgan fingerprint density at radius 3 is 2.75 bits per heavy atom. The van der Waals surface area contributed by atoms with Crippen molar-refractivity contribution in [1.82, 2.24) is 19.9 Å². The molecule has 2 heterocycles. The van der Waals surface area contributed by atoms with E-state index in [0.29, 0.717) is 19.4 Å². The molecule has 0 spiro atoms. The molecule has 7 heteroatoms. The molecule has 0 saturated carbocycles. The van der Waals surface area contributed by atoms with Crippen molar-refractivity contribution in [3.05, 3.63) is 41.2 Å². The third kappa shape index (κ3) is 4.62. The molecular weight excluding hydrogens is 374 g/mol. The van der Waals surface area contributed by atoms with Crippen LogP contribution in [-0.2, 0) is 11.2 Å². The van der Waals surface area contributed by atoms with Gasteiger partial charge in [0.25, 0.3) is 0 Å². The van der Waals surface area contributed by atoms with Gasteiger partial charge in [-0.1, -0.05) is 31.9 Å². The Balaban J connectivity index is 0.00000280. The van der Waals surface area contributed by atoms with Crippen LogP contribution in [0.25, 0.3) is 16.6 Å². The van der Waals surface area contributed by atoms with Crippen LogP contribution in [0.4, 0.5) is 0 Å². The fourth-order valence-corrected chi connectivity index (χ4v) is 3.58. The molecule has 3 N–H and O–H groups in total. The summed E-state index contributed by atoms with van der Waals surface area (Å²) in [6, 6.07) is 8.08. The Bertz CT molecular complexity index is 953. The van der Waals surface area contributed by atoms with E-state index in [1.807, 2.05) is 42.6 Å². The first-order valence-corrected chi connectivity index (χ1v) is 9.78. The van der Waals surface area contributed by atoms with Crippen molar-refractivity contribution >= 4 is 34.9 Å². The van der Waals surface area contributed by atoms with E-state index in [2.05, 4.69) is 17.3 Å². The van der Waals surface area contributed by atoms with Gasteiger partial charge in [-0.15, -0.1) is 12.4 Å². The quantitative estimate of drug-likeness (QED) is 0.602. The molecule has 0 aliphatic carbocycles. The van der Waals surface area contributed by atoms with E-state index in [1.54, 1.807) is 0 Å². The number of carbonyl (C=O) groups excluding carboxylic acids is 1. The second kappa shape index (κ2) is 9.85. The van der Waals surface area contributed by atoms with Crippen molar-refractivity contribution in [3.8, 4) is 0 Å². The van der Waals surface area contributed by atoms with Crippen molar-refractivity contribution in [2.24, 2.45) is 5.73 Å². The summed E-state index contributed by atoms with van der Waals surface area (Å²) in [5, 5.41) is 8.79. The number of carbonyl (C=O) groups is 1. The largest absolute Gasteiger partial charge is 0.352 e. The van der Waals surface area contributed by atoms with Crippen LogP contribution in [-0.4, -0.2) is 33.1 Å². The SMILES string of the molecule is CCCCC(CN)NC(=O)CCc1c(C)nc2c3ccccc3nn2c1C.Cl. The number of benzene rings is 1. The number of amides is 1. The van der Waals surface area contributed by atoms with Crippen molar-refractivity contribution in [2.45, 2.75) is 58.9 Å². The van der Waals surface area contributed by atoms with Gasteiger partial charge in [0.15, 0.2) is 5.65 Å². The molecule has 6 nitrogen and oxygen atoms in total. The van der Waals surface area contributed by atoms with Crippen molar-refractivity contribution in [3.63, 3.8) is 0 Å². The van der Waals surface area contributed by atoms with Crippen LogP contribution >= 0.6 is 12.4 Å². The van der Waals surface area contributed by atoms with E-state index in [4.69, 9.17) is 10.7 Å².